The van der Waals surface area contributed by atoms with Crippen molar-refractivity contribution in [2.24, 2.45) is 0 Å². The maximum atomic E-state index is 12.9. The van der Waals surface area contributed by atoms with E-state index in [1.807, 2.05) is 59.8 Å². The van der Waals surface area contributed by atoms with Gasteiger partial charge >= 0.3 is 0 Å². The highest BCUT2D eigenvalue weighted by atomic mass is 32.1. The summed E-state index contributed by atoms with van der Waals surface area (Å²) in [5.74, 6) is 0.00251. The third kappa shape index (κ3) is 4.56. The largest absolute Gasteiger partial charge is 0.343 e. The van der Waals surface area contributed by atoms with Crippen LogP contribution in [0.15, 0.2) is 72.1 Å². The number of hydrogen-bond acceptors (Lipinski definition) is 5. The summed E-state index contributed by atoms with van der Waals surface area (Å²) in [5.41, 5.74) is 2.10. The molecular weight excluding hydrogens is 398 g/mol. The fourth-order valence-electron chi connectivity index (χ4n) is 3.25. The molecule has 4 nitrogen and oxygen atoms in total. The fourth-order valence-corrected chi connectivity index (χ4v) is 5.13. The summed E-state index contributed by atoms with van der Waals surface area (Å²) in [6.45, 7) is 2.41. The molecule has 2 atom stereocenters. The molecular formula is C23H23N3OS2. The number of hydrogen-bond donors (Lipinski definition) is 1. The number of amides is 1. The highest BCUT2D eigenvalue weighted by Crippen LogP contribution is 2.29. The molecule has 0 aliphatic carbocycles. The molecule has 0 aliphatic heterocycles. The van der Waals surface area contributed by atoms with E-state index in [1.54, 1.807) is 22.7 Å². The molecule has 6 heteroatoms. The summed E-state index contributed by atoms with van der Waals surface area (Å²) < 4.78 is 1.18. The number of likely N-dealkylation sites (N-methyl/N-ethyl adjacent to an activating group) is 1. The van der Waals surface area contributed by atoms with E-state index in [1.165, 1.54) is 4.70 Å². The van der Waals surface area contributed by atoms with Crippen LogP contribution in [-0.4, -0.2) is 29.4 Å². The van der Waals surface area contributed by atoms with Crippen molar-refractivity contribution >= 4 is 38.8 Å². The lowest BCUT2D eigenvalue weighted by Crippen LogP contribution is -2.38. The molecule has 0 saturated carbocycles. The van der Waals surface area contributed by atoms with Gasteiger partial charge in [-0.05, 0) is 43.1 Å². The number of carbonyl (C=O) groups excluding carboxylic acids is 1. The minimum atomic E-state index is -0.130. The first kappa shape index (κ1) is 19.8. The van der Waals surface area contributed by atoms with Crippen molar-refractivity contribution in [2.45, 2.75) is 19.0 Å². The number of para-hydroxylation sites is 1. The third-order valence-corrected chi connectivity index (χ3v) is 7.13. The Morgan fingerprint density at radius 2 is 1.83 bits per heavy atom. The number of nitrogens with zero attached hydrogens (tertiary/aromatic N) is 2. The van der Waals surface area contributed by atoms with Gasteiger partial charge in [-0.3, -0.25) is 9.69 Å². The Labute approximate surface area is 178 Å². The molecule has 0 bridgehead atoms. The molecule has 1 N–H and O–H groups in total. The van der Waals surface area contributed by atoms with Gasteiger partial charge in [0.25, 0.3) is 0 Å². The van der Waals surface area contributed by atoms with E-state index in [2.05, 4.69) is 36.5 Å². The molecule has 0 spiro atoms. The minimum absolute atomic E-state index is 0.00251. The van der Waals surface area contributed by atoms with Crippen molar-refractivity contribution in [1.29, 1.82) is 0 Å². The van der Waals surface area contributed by atoms with Gasteiger partial charge in [0.2, 0.25) is 5.91 Å². The zero-order chi connectivity index (χ0) is 20.2. The lowest BCUT2D eigenvalue weighted by atomic mass is 10.1. The molecule has 148 valence electrons. The number of fused-ring (bicyclic) bond motifs is 1. The Morgan fingerprint density at radius 3 is 2.55 bits per heavy atom. The van der Waals surface area contributed by atoms with E-state index in [0.29, 0.717) is 6.54 Å². The molecule has 2 aromatic carbocycles. The summed E-state index contributed by atoms with van der Waals surface area (Å²) in [4.78, 5) is 20.8. The Morgan fingerprint density at radius 1 is 1.07 bits per heavy atom. The van der Waals surface area contributed by atoms with Gasteiger partial charge in [0, 0.05) is 4.88 Å². The van der Waals surface area contributed by atoms with Gasteiger partial charge in [-0.1, -0.05) is 48.5 Å². The van der Waals surface area contributed by atoms with Gasteiger partial charge in [0.05, 0.1) is 28.8 Å². The monoisotopic (exact) mass is 421 g/mol. The summed E-state index contributed by atoms with van der Waals surface area (Å²) in [6, 6.07) is 22.3. The highest BCUT2D eigenvalue weighted by molar-refractivity contribution is 7.18. The number of nitrogens with one attached hydrogen (secondary N) is 1. The first-order valence-electron chi connectivity index (χ1n) is 9.55. The summed E-state index contributed by atoms with van der Waals surface area (Å²) in [6.07, 6.45) is 0. The van der Waals surface area contributed by atoms with Crippen LogP contribution in [0.25, 0.3) is 10.2 Å². The normalized spacial score (nSPS) is 13.5. The molecule has 0 unspecified atom stereocenters. The number of benzene rings is 2. The number of carbonyl (C=O) groups is 1. The molecule has 0 fully saturated rings. The summed E-state index contributed by atoms with van der Waals surface area (Å²) in [7, 11) is 1.97. The Hall–Kier alpha value is -2.54. The van der Waals surface area contributed by atoms with Crippen LogP contribution in [0.5, 0.6) is 0 Å². The smallest absolute Gasteiger partial charge is 0.234 e. The van der Waals surface area contributed by atoms with Crippen LogP contribution < -0.4 is 5.32 Å². The molecule has 0 saturated heterocycles. The van der Waals surface area contributed by atoms with Gasteiger partial charge in [0.1, 0.15) is 5.01 Å². The summed E-state index contributed by atoms with van der Waals surface area (Å²) in [5, 5.41) is 6.28. The van der Waals surface area contributed by atoms with Crippen LogP contribution >= 0.6 is 22.7 Å². The average molecular weight is 422 g/mol. The number of rotatable bonds is 7. The van der Waals surface area contributed by atoms with Crippen LogP contribution in [0.2, 0.25) is 0 Å². The lowest BCUT2D eigenvalue weighted by Gasteiger charge is -2.24. The quantitative estimate of drug-likeness (QED) is 0.443. The lowest BCUT2D eigenvalue weighted by molar-refractivity contribution is -0.122. The molecule has 1 amide bonds. The predicted octanol–water partition coefficient (Wildman–Crippen LogP) is 5.26. The van der Waals surface area contributed by atoms with E-state index in [0.717, 1.165) is 21.0 Å². The van der Waals surface area contributed by atoms with E-state index < -0.39 is 0 Å². The van der Waals surface area contributed by atoms with Crippen molar-refractivity contribution in [1.82, 2.24) is 15.2 Å². The Bertz CT molecular complexity index is 1040. The minimum Gasteiger partial charge on any atom is -0.343 e. The predicted molar refractivity (Wildman–Crippen MR) is 121 cm³/mol. The second-order valence-corrected chi connectivity index (χ2v) is 9.08. The van der Waals surface area contributed by atoms with Gasteiger partial charge in [-0.2, -0.15) is 0 Å². The molecule has 4 aromatic rings. The second-order valence-electron chi connectivity index (χ2n) is 7.04. The average Bonchev–Trinajstić information content (AvgIpc) is 3.41. The molecule has 29 heavy (non-hydrogen) atoms. The van der Waals surface area contributed by atoms with Crippen molar-refractivity contribution < 1.29 is 4.79 Å². The van der Waals surface area contributed by atoms with Crippen LogP contribution in [0.4, 0.5) is 0 Å². The van der Waals surface area contributed by atoms with Crippen molar-refractivity contribution in [2.75, 3.05) is 13.6 Å². The fraction of sp³-hybridized carbons (Fsp3) is 0.217. The molecule has 2 aromatic heterocycles. The first-order valence-corrected chi connectivity index (χ1v) is 11.2. The van der Waals surface area contributed by atoms with E-state index in [9.17, 15) is 4.79 Å². The van der Waals surface area contributed by atoms with Crippen LogP contribution in [0.3, 0.4) is 0 Å². The number of thiazole rings is 1. The van der Waals surface area contributed by atoms with Crippen molar-refractivity contribution in [3.63, 3.8) is 0 Å². The summed E-state index contributed by atoms with van der Waals surface area (Å²) >= 11 is 3.34. The molecule has 0 radical (unpaired) electrons. The van der Waals surface area contributed by atoms with Crippen molar-refractivity contribution in [3.05, 3.63) is 87.6 Å². The van der Waals surface area contributed by atoms with Gasteiger partial charge in [-0.25, -0.2) is 4.98 Å². The van der Waals surface area contributed by atoms with E-state index >= 15 is 0 Å². The van der Waals surface area contributed by atoms with Gasteiger partial charge in [0.15, 0.2) is 0 Å². The Balaban J connectivity index is 1.46. The first-order chi connectivity index (χ1) is 14.1. The van der Waals surface area contributed by atoms with Gasteiger partial charge in [-0.15, -0.1) is 22.7 Å². The number of aromatic nitrogens is 1. The van der Waals surface area contributed by atoms with E-state index in [4.69, 9.17) is 4.98 Å². The topological polar surface area (TPSA) is 45.2 Å². The van der Waals surface area contributed by atoms with Crippen LogP contribution in [-0.2, 0) is 4.79 Å². The maximum Gasteiger partial charge on any atom is 0.234 e. The molecule has 2 heterocycles. The van der Waals surface area contributed by atoms with E-state index in [-0.39, 0.29) is 18.0 Å². The highest BCUT2D eigenvalue weighted by Gasteiger charge is 2.22. The number of thiophene rings is 1. The Kier molecular flexibility index (Phi) is 6.04. The SMILES string of the molecule is C[C@H](c1nc2ccccc2s1)N(C)CC(=O)N[C@@H](c1ccccc1)c1cccs1. The zero-order valence-electron chi connectivity index (χ0n) is 16.4. The third-order valence-electron chi connectivity index (χ3n) is 4.99. The molecule has 0 aliphatic rings. The zero-order valence-corrected chi connectivity index (χ0v) is 18.0. The molecule has 4 rings (SSSR count). The second kappa shape index (κ2) is 8.86. The van der Waals surface area contributed by atoms with Crippen LogP contribution in [0.1, 0.15) is 34.5 Å². The standard InChI is InChI=1S/C23H23N3OS2/c1-16(23-24-18-11-6-7-12-19(18)29-23)26(2)15-21(27)25-22(20-13-8-14-28-20)17-9-4-3-5-10-17/h3-14,16,22H,15H2,1-2H3,(H,25,27)/t16-,22+/m1/s1. The van der Waals surface area contributed by atoms with Crippen LogP contribution in [0, 0.1) is 0 Å². The van der Waals surface area contributed by atoms with Gasteiger partial charge < -0.3 is 5.32 Å². The maximum absolute atomic E-state index is 12.9. The van der Waals surface area contributed by atoms with Crippen molar-refractivity contribution in [3.8, 4) is 0 Å².